The van der Waals surface area contributed by atoms with E-state index in [2.05, 4.69) is 0 Å². The largest absolute Gasteiger partial charge is 0.507 e. The number of ketones is 1. The molecule has 0 aliphatic heterocycles. The van der Waals surface area contributed by atoms with Gasteiger partial charge in [-0.25, -0.2) is 0 Å². The lowest BCUT2D eigenvalue weighted by molar-refractivity contribution is 0.103. The van der Waals surface area contributed by atoms with Crippen LogP contribution in [0.5, 0.6) is 11.5 Å². The molecule has 0 aliphatic rings. The van der Waals surface area contributed by atoms with Crippen molar-refractivity contribution in [2.24, 2.45) is 0 Å². The second-order valence-electron chi connectivity index (χ2n) is 4.08. The zero-order valence-corrected chi connectivity index (χ0v) is 10.3. The minimum atomic E-state index is -0.196. The Morgan fingerprint density at radius 1 is 1.17 bits per heavy atom. The zero-order chi connectivity index (χ0) is 13.1. The molecule has 0 bridgehead atoms. The first kappa shape index (κ1) is 12.2. The predicted octanol–water partition coefficient (Wildman–Crippen LogP) is 2.94. The van der Waals surface area contributed by atoms with Crippen LogP contribution in [-0.4, -0.2) is 18.0 Å². The summed E-state index contributed by atoms with van der Waals surface area (Å²) < 4.78 is 4.98. The topological polar surface area (TPSA) is 46.5 Å². The first-order valence-electron chi connectivity index (χ1n) is 5.60. The van der Waals surface area contributed by atoms with E-state index in [9.17, 15) is 9.90 Å². The van der Waals surface area contributed by atoms with Crippen LogP contribution in [0.2, 0.25) is 0 Å². The van der Waals surface area contributed by atoms with E-state index >= 15 is 0 Å². The van der Waals surface area contributed by atoms with Crippen LogP contribution < -0.4 is 4.74 Å². The van der Waals surface area contributed by atoms with Gasteiger partial charge >= 0.3 is 0 Å². The van der Waals surface area contributed by atoms with E-state index in [0.29, 0.717) is 11.3 Å². The zero-order valence-electron chi connectivity index (χ0n) is 10.3. The minimum absolute atomic E-state index is 0.0687. The average Bonchev–Trinajstić information content (AvgIpc) is 2.37. The summed E-state index contributed by atoms with van der Waals surface area (Å²) >= 11 is 0. The summed E-state index contributed by atoms with van der Waals surface area (Å²) in [6.07, 6.45) is 0. The van der Waals surface area contributed by atoms with Gasteiger partial charge in [0.1, 0.15) is 11.5 Å². The molecule has 0 saturated carbocycles. The number of aryl methyl sites for hydroxylation is 1. The van der Waals surface area contributed by atoms with Gasteiger partial charge in [-0.3, -0.25) is 4.79 Å². The number of benzene rings is 2. The lowest BCUT2D eigenvalue weighted by atomic mass is 10.0. The van der Waals surface area contributed by atoms with Gasteiger partial charge in [0.15, 0.2) is 5.78 Å². The van der Waals surface area contributed by atoms with Crippen molar-refractivity contribution in [1.82, 2.24) is 0 Å². The number of methoxy groups -OCH3 is 1. The van der Waals surface area contributed by atoms with Crippen molar-refractivity contribution >= 4 is 5.78 Å². The Morgan fingerprint density at radius 3 is 2.56 bits per heavy atom. The molecule has 0 unspecified atom stereocenters. The molecular weight excluding hydrogens is 228 g/mol. The standard InChI is InChI=1S/C15H14O3/c1-10-4-3-5-11(8-10)15(17)13-7-6-12(18-2)9-14(13)16/h3-9,16H,1-2H3. The second kappa shape index (κ2) is 4.92. The third-order valence-electron chi connectivity index (χ3n) is 2.73. The normalized spacial score (nSPS) is 10.1. The van der Waals surface area contributed by atoms with E-state index in [0.717, 1.165) is 5.56 Å². The van der Waals surface area contributed by atoms with Crippen LogP contribution in [-0.2, 0) is 0 Å². The van der Waals surface area contributed by atoms with Gasteiger partial charge < -0.3 is 9.84 Å². The molecule has 0 saturated heterocycles. The molecule has 0 atom stereocenters. The molecule has 18 heavy (non-hydrogen) atoms. The van der Waals surface area contributed by atoms with Crippen LogP contribution >= 0.6 is 0 Å². The van der Waals surface area contributed by atoms with E-state index in [-0.39, 0.29) is 17.1 Å². The van der Waals surface area contributed by atoms with Gasteiger partial charge in [0.25, 0.3) is 0 Å². The maximum atomic E-state index is 12.2. The van der Waals surface area contributed by atoms with Crippen molar-refractivity contribution in [3.8, 4) is 11.5 Å². The van der Waals surface area contributed by atoms with Crippen LogP contribution in [0.1, 0.15) is 21.5 Å². The SMILES string of the molecule is COc1ccc(C(=O)c2cccc(C)c2)c(O)c1. The van der Waals surface area contributed by atoms with Gasteiger partial charge in [-0.1, -0.05) is 23.8 Å². The van der Waals surface area contributed by atoms with Gasteiger partial charge in [-0.15, -0.1) is 0 Å². The third kappa shape index (κ3) is 2.35. The van der Waals surface area contributed by atoms with Crippen molar-refractivity contribution < 1.29 is 14.6 Å². The third-order valence-corrected chi connectivity index (χ3v) is 2.73. The fourth-order valence-electron chi connectivity index (χ4n) is 1.77. The summed E-state index contributed by atoms with van der Waals surface area (Å²) in [5.74, 6) is 0.257. The Kier molecular flexibility index (Phi) is 3.33. The Hall–Kier alpha value is -2.29. The molecule has 0 aliphatic carbocycles. The van der Waals surface area contributed by atoms with Crippen molar-refractivity contribution in [2.45, 2.75) is 6.92 Å². The summed E-state index contributed by atoms with van der Waals surface area (Å²) in [5, 5.41) is 9.82. The van der Waals surface area contributed by atoms with Gasteiger partial charge in [-0.2, -0.15) is 0 Å². The molecule has 3 heteroatoms. The van der Waals surface area contributed by atoms with E-state index in [1.807, 2.05) is 19.1 Å². The maximum absolute atomic E-state index is 12.2. The highest BCUT2D eigenvalue weighted by Crippen LogP contribution is 2.25. The highest BCUT2D eigenvalue weighted by atomic mass is 16.5. The molecule has 92 valence electrons. The smallest absolute Gasteiger partial charge is 0.196 e. The van der Waals surface area contributed by atoms with E-state index in [1.54, 1.807) is 24.3 Å². The number of rotatable bonds is 3. The second-order valence-corrected chi connectivity index (χ2v) is 4.08. The summed E-state index contributed by atoms with van der Waals surface area (Å²) in [7, 11) is 1.51. The first-order chi connectivity index (χ1) is 8.61. The number of carbonyl (C=O) groups excluding carboxylic acids is 1. The molecule has 0 fully saturated rings. The van der Waals surface area contributed by atoms with Crippen LogP contribution in [0.3, 0.4) is 0 Å². The van der Waals surface area contributed by atoms with Gasteiger partial charge in [0, 0.05) is 11.6 Å². The van der Waals surface area contributed by atoms with Crippen LogP contribution in [0.25, 0.3) is 0 Å². The minimum Gasteiger partial charge on any atom is -0.507 e. The quantitative estimate of drug-likeness (QED) is 0.842. The number of phenolic OH excluding ortho intramolecular Hbond substituents is 1. The molecular formula is C15H14O3. The lowest BCUT2D eigenvalue weighted by Gasteiger charge is -2.06. The van der Waals surface area contributed by atoms with E-state index in [1.165, 1.54) is 13.2 Å². The van der Waals surface area contributed by atoms with Gasteiger partial charge in [0.05, 0.1) is 12.7 Å². The molecule has 0 amide bonds. The molecule has 0 heterocycles. The van der Waals surface area contributed by atoms with Crippen molar-refractivity contribution in [3.05, 3.63) is 59.2 Å². The Labute approximate surface area is 106 Å². The summed E-state index contributed by atoms with van der Waals surface area (Å²) in [6, 6.07) is 11.9. The molecule has 0 spiro atoms. The van der Waals surface area contributed by atoms with Gasteiger partial charge in [-0.05, 0) is 25.1 Å². The molecule has 0 aromatic heterocycles. The Balaban J connectivity index is 2.40. The Bertz CT molecular complexity index is 588. The first-order valence-corrected chi connectivity index (χ1v) is 5.60. The molecule has 1 N–H and O–H groups in total. The number of phenols is 1. The summed E-state index contributed by atoms with van der Waals surface area (Å²) in [5.41, 5.74) is 1.85. The molecule has 3 nitrogen and oxygen atoms in total. The fourth-order valence-corrected chi connectivity index (χ4v) is 1.77. The fraction of sp³-hybridized carbons (Fsp3) is 0.133. The van der Waals surface area contributed by atoms with E-state index < -0.39 is 0 Å². The lowest BCUT2D eigenvalue weighted by Crippen LogP contribution is -2.02. The maximum Gasteiger partial charge on any atom is 0.196 e. The van der Waals surface area contributed by atoms with Crippen molar-refractivity contribution in [2.75, 3.05) is 7.11 Å². The Morgan fingerprint density at radius 2 is 1.94 bits per heavy atom. The molecule has 2 aromatic rings. The number of hydrogen-bond acceptors (Lipinski definition) is 3. The average molecular weight is 242 g/mol. The van der Waals surface area contributed by atoms with Crippen LogP contribution in [0, 0.1) is 6.92 Å². The number of hydrogen-bond donors (Lipinski definition) is 1. The summed E-state index contributed by atoms with van der Waals surface area (Å²) in [6.45, 7) is 1.92. The molecule has 0 radical (unpaired) electrons. The monoisotopic (exact) mass is 242 g/mol. The summed E-state index contributed by atoms with van der Waals surface area (Å²) in [4.78, 5) is 12.2. The molecule has 2 aromatic carbocycles. The van der Waals surface area contributed by atoms with Crippen LogP contribution in [0.15, 0.2) is 42.5 Å². The predicted molar refractivity (Wildman–Crippen MR) is 69.3 cm³/mol. The van der Waals surface area contributed by atoms with Gasteiger partial charge in [0.2, 0.25) is 0 Å². The van der Waals surface area contributed by atoms with Crippen molar-refractivity contribution in [1.29, 1.82) is 0 Å². The number of ether oxygens (including phenoxy) is 1. The highest BCUT2D eigenvalue weighted by Gasteiger charge is 2.14. The highest BCUT2D eigenvalue weighted by molar-refractivity contribution is 6.10. The van der Waals surface area contributed by atoms with Crippen LogP contribution in [0.4, 0.5) is 0 Å². The van der Waals surface area contributed by atoms with E-state index in [4.69, 9.17) is 4.74 Å². The number of carbonyl (C=O) groups is 1. The van der Waals surface area contributed by atoms with Crippen molar-refractivity contribution in [3.63, 3.8) is 0 Å². The molecule has 2 rings (SSSR count). The number of aromatic hydroxyl groups is 1.